The van der Waals surface area contributed by atoms with E-state index in [0.717, 1.165) is 31.2 Å². The third-order valence-corrected chi connectivity index (χ3v) is 5.77. The molecule has 3 N–H and O–H groups in total. The fourth-order valence-corrected chi connectivity index (χ4v) is 4.41. The summed E-state index contributed by atoms with van der Waals surface area (Å²) in [6, 6.07) is 7.46. The maximum Gasteiger partial charge on any atom is 0.240 e. The Kier molecular flexibility index (Phi) is 5.62. The fourth-order valence-electron chi connectivity index (χ4n) is 3.72. The van der Waals surface area contributed by atoms with E-state index in [1.165, 1.54) is 6.26 Å². The molecule has 1 fully saturated rings. The smallest absolute Gasteiger partial charge is 0.240 e. The third-order valence-electron chi connectivity index (χ3n) is 4.98. The minimum Gasteiger partial charge on any atom is -0.351 e. The highest BCUT2D eigenvalue weighted by atomic mass is 32.2. The second kappa shape index (κ2) is 7.75. The molecule has 3 rings (SSSR count). The van der Waals surface area contributed by atoms with Gasteiger partial charge < -0.3 is 15.6 Å². The molecular weight excluding hydrogens is 352 g/mol. The summed E-state index contributed by atoms with van der Waals surface area (Å²) in [5, 5.41) is 3.10. The first-order chi connectivity index (χ1) is 12.4. The quantitative estimate of drug-likeness (QED) is 0.786. The Morgan fingerprint density at radius 3 is 2.77 bits per heavy atom. The predicted octanol–water partition coefficient (Wildman–Crippen LogP) is 1.21. The van der Waals surface area contributed by atoms with Crippen LogP contribution in [-0.2, 0) is 26.9 Å². The van der Waals surface area contributed by atoms with Gasteiger partial charge in [-0.15, -0.1) is 0 Å². The van der Waals surface area contributed by atoms with Crippen LogP contribution < -0.4 is 11.1 Å². The van der Waals surface area contributed by atoms with Crippen LogP contribution in [0.5, 0.6) is 0 Å². The number of aromatic nitrogens is 2. The highest BCUT2D eigenvalue weighted by molar-refractivity contribution is 7.89. The fraction of sp³-hybridized carbons (Fsp3) is 0.556. The van der Waals surface area contributed by atoms with Gasteiger partial charge in [0.1, 0.15) is 18.1 Å². The first-order valence-electron chi connectivity index (χ1n) is 8.98. The van der Waals surface area contributed by atoms with Crippen molar-refractivity contribution in [3.8, 4) is 0 Å². The van der Waals surface area contributed by atoms with Crippen LogP contribution in [-0.4, -0.2) is 42.7 Å². The van der Waals surface area contributed by atoms with E-state index in [2.05, 4.69) is 10.3 Å². The number of nitrogens with one attached hydrogen (secondary N) is 1. The SMILES string of the molecule is CS(=O)(=O)Cc1nc2ccccc2n1CC(=O)NC1CCCCC1CN. The molecule has 0 bridgehead atoms. The molecule has 2 aromatic rings. The minimum absolute atomic E-state index is 0.0547. The van der Waals surface area contributed by atoms with Crippen LogP contribution in [0.15, 0.2) is 24.3 Å². The first-order valence-corrected chi connectivity index (χ1v) is 11.0. The highest BCUT2D eigenvalue weighted by Crippen LogP contribution is 2.24. The number of carbonyl (C=O) groups excluding carboxylic acids is 1. The Morgan fingerprint density at radius 2 is 2.04 bits per heavy atom. The lowest BCUT2D eigenvalue weighted by atomic mass is 9.84. The second-order valence-corrected chi connectivity index (χ2v) is 9.27. The van der Waals surface area contributed by atoms with Crippen molar-refractivity contribution in [2.75, 3.05) is 12.8 Å². The third kappa shape index (κ3) is 4.42. The molecule has 2 atom stereocenters. The molecule has 142 valence electrons. The molecule has 1 saturated carbocycles. The number of amides is 1. The molecule has 1 aliphatic rings. The second-order valence-electron chi connectivity index (χ2n) is 7.13. The molecule has 0 aliphatic heterocycles. The topological polar surface area (TPSA) is 107 Å². The molecule has 8 heteroatoms. The van der Waals surface area contributed by atoms with E-state index in [4.69, 9.17) is 5.73 Å². The van der Waals surface area contributed by atoms with Crippen LogP contribution >= 0.6 is 0 Å². The van der Waals surface area contributed by atoms with Crippen LogP contribution in [0.4, 0.5) is 0 Å². The van der Waals surface area contributed by atoms with Gasteiger partial charge in [-0.25, -0.2) is 13.4 Å². The number of nitrogens with zero attached hydrogens (tertiary/aromatic N) is 2. The Morgan fingerprint density at radius 1 is 1.31 bits per heavy atom. The lowest BCUT2D eigenvalue weighted by Crippen LogP contribution is -2.45. The maximum atomic E-state index is 12.7. The first kappa shape index (κ1) is 18.8. The molecule has 7 nitrogen and oxygen atoms in total. The van der Waals surface area contributed by atoms with Crippen molar-refractivity contribution in [3.05, 3.63) is 30.1 Å². The molecule has 1 aliphatic carbocycles. The lowest BCUT2D eigenvalue weighted by Gasteiger charge is -2.31. The van der Waals surface area contributed by atoms with Crippen molar-refractivity contribution in [2.24, 2.45) is 11.7 Å². The molecule has 1 aromatic heterocycles. The van der Waals surface area contributed by atoms with Gasteiger partial charge >= 0.3 is 0 Å². The van der Waals surface area contributed by atoms with Gasteiger partial charge in [0, 0.05) is 12.3 Å². The van der Waals surface area contributed by atoms with Gasteiger partial charge in [0.05, 0.1) is 11.0 Å². The monoisotopic (exact) mass is 378 g/mol. The van der Waals surface area contributed by atoms with Crippen molar-refractivity contribution in [3.63, 3.8) is 0 Å². The maximum absolute atomic E-state index is 12.7. The van der Waals surface area contributed by atoms with Crippen molar-refractivity contribution in [1.82, 2.24) is 14.9 Å². The van der Waals surface area contributed by atoms with Gasteiger partial charge in [-0.05, 0) is 37.4 Å². The highest BCUT2D eigenvalue weighted by Gasteiger charge is 2.26. The van der Waals surface area contributed by atoms with E-state index in [1.54, 1.807) is 4.57 Å². The number of para-hydroxylation sites is 2. The number of imidazole rings is 1. The average Bonchev–Trinajstić information content (AvgIpc) is 2.91. The summed E-state index contributed by atoms with van der Waals surface area (Å²) >= 11 is 0. The van der Waals surface area contributed by atoms with Gasteiger partial charge in [0.25, 0.3) is 0 Å². The summed E-state index contributed by atoms with van der Waals surface area (Å²) in [5.41, 5.74) is 7.30. The summed E-state index contributed by atoms with van der Waals surface area (Å²) in [7, 11) is -3.25. The Hall–Kier alpha value is -1.93. The minimum atomic E-state index is -3.25. The van der Waals surface area contributed by atoms with Gasteiger partial charge in [0.15, 0.2) is 9.84 Å². The molecular formula is C18H26N4O3S. The Balaban J connectivity index is 1.82. The zero-order valence-corrected chi connectivity index (χ0v) is 15.8. The molecule has 2 unspecified atom stereocenters. The van der Waals surface area contributed by atoms with Crippen LogP contribution in [0.25, 0.3) is 11.0 Å². The number of benzene rings is 1. The largest absolute Gasteiger partial charge is 0.351 e. The summed E-state index contributed by atoms with van der Waals surface area (Å²) in [6.07, 6.45) is 5.39. The molecule has 0 radical (unpaired) electrons. The number of fused-ring (bicyclic) bond motifs is 1. The van der Waals surface area contributed by atoms with E-state index in [9.17, 15) is 13.2 Å². The van der Waals surface area contributed by atoms with Crippen LogP contribution in [0.3, 0.4) is 0 Å². The van der Waals surface area contributed by atoms with E-state index in [-0.39, 0.29) is 24.2 Å². The summed E-state index contributed by atoms with van der Waals surface area (Å²) < 4.78 is 25.2. The molecule has 0 spiro atoms. The average molecular weight is 378 g/mol. The van der Waals surface area contributed by atoms with Crippen molar-refractivity contribution in [1.29, 1.82) is 0 Å². The molecule has 0 saturated heterocycles. The normalized spacial score (nSPS) is 21.0. The lowest BCUT2D eigenvalue weighted by molar-refractivity contribution is -0.122. The number of rotatable bonds is 6. The van der Waals surface area contributed by atoms with E-state index >= 15 is 0 Å². The number of nitrogens with two attached hydrogens (primary N) is 1. The molecule has 1 amide bonds. The number of carbonyl (C=O) groups is 1. The summed E-state index contributed by atoms with van der Waals surface area (Å²) in [6.45, 7) is 0.622. The zero-order chi connectivity index (χ0) is 18.7. The Labute approximate surface area is 153 Å². The molecule has 1 aromatic carbocycles. The van der Waals surface area contributed by atoms with Gasteiger partial charge in [0.2, 0.25) is 5.91 Å². The van der Waals surface area contributed by atoms with Gasteiger partial charge in [-0.3, -0.25) is 4.79 Å². The van der Waals surface area contributed by atoms with Crippen molar-refractivity contribution < 1.29 is 13.2 Å². The van der Waals surface area contributed by atoms with Crippen molar-refractivity contribution >= 4 is 26.8 Å². The zero-order valence-electron chi connectivity index (χ0n) is 15.0. The van der Waals surface area contributed by atoms with Gasteiger partial charge in [-0.2, -0.15) is 0 Å². The number of hydrogen-bond donors (Lipinski definition) is 2. The van der Waals surface area contributed by atoms with Crippen LogP contribution in [0.2, 0.25) is 0 Å². The number of hydrogen-bond acceptors (Lipinski definition) is 5. The summed E-state index contributed by atoms with van der Waals surface area (Å²) in [4.78, 5) is 17.1. The van der Waals surface area contributed by atoms with Crippen molar-refractivity contribution in [2.45, 2.75) is 44.0 Å². The van der Waals surface area contributed by atoms with E-state index in [1.807, 2.05) is 24.3 Å². The Bertz CT molecular complexity index is 891. The summed E-state index contributed by atoms with van der Waals surface area (Å²) in [5.74, 6) is 0.378. The van der Waals surface area contributed by atoms with E-state index in [0.29, 0.717) is 23.8 Å². The van der Waals surface area contributed by atoms with E-state index < -0.39 is 9.84 Å². The van der Waals surface area contributed by atoms with Crippen LogP contribution in [0, 0.1) is 5.92 Å². The standard InChI is InChI=1S/C18H26N4O3S/c1-26(24,25)12-17-20-15-8-4-5-9-16(15)22(17)11-18(23)21-14-7-3-2-6-13(14)10-19/h4-5,8-9,13-14H,2-3,6-7,10-12,19H2,1H3,(H,21,23). The predicted molar refractivity (Wildman–Crippen MR) is 101 cm³/mol. The number of sulfone groups is 1. The molecule has 26 heavy (non-hydrogen) atoms. The van der Waals surface area contributed by atoms with Crippen LogP contribution in [0.1, 0.15) is 31.5 Å². The molecule has 1 heterocycles. The van der Waals surface area contributed by atoms with Gasteiger partial charge in [-0.1, -0.05) is 25.0 Å².